The SMILES string of the molecule is Cc1cccc(NC(=O)c2nc(-c3cn(-c4cccc(Cl)c4)nn3)no2)c1. The van der Waals surface area contributed by atoms with E-state index < -0.39 is 5.91 Å². The molecule has 2 heterocycles. The van der Waals surface area contributed by atoms with Crippen molar-refractivity contribution in [2.45, 2.75) is 6.92 Å². The van der Waals surface area contributed by atoms with Gasteiger partial charge in [-0.05, 0) is 42.8 Å². The Morgan fingerprint density at radius 1 is 1.19 bits per heavy atom. The molecule has 2 aromatic carbocycles. The molecule has 0 bridgehead atoms. The van der Waals surface area contributed by atoms with E-state index in [4.69, 9.17) is 16.1 Å². The Kier molecular flexibility index (Phi) is 4.39. The van der Waals surface area contributed by atoms with Gasteiger partial charge in [0.15, 0.2) is 5.69 Å². The molecular weight excluding hydrogens is 368 g/mol. The fourth-order valence-electron chi connectivity index (χ4n) is 2.44. The number of rotatable bonds is 4. The van der Waals surface area contributed by atoms with Crippen molar-refractivity contribution in [3.05, 3.63) is 71.2 Å². The highest BCUT2D eigenvalue weighted by atomic mass is 35.5. The summed E-state index contributed by atoms with van der Waals surface area (Å²) in [6.07, 6.45) is 1.62. The summed E-state index contributed by atoms with van der Waals surface area (Å²) in [6, 6.07) is 14.5. The second-order valence-corrected chi connectivity index (χ2v) is 6.21. The molecule has 8 nitrogen and oxygen atoms in total. The standard InChI is InChI=1S/C18H13ClN6O2/c1-11-4-2-6-13(8-11)20-17(26)18-21-16(23-27-18)15-10-25(24-22-15)14-7-3-5-12(19)9-14/h2-10H,1H3,(H,20,26). The first kappa shape index (κ1) is 16.9. The number of aromatic nitrogens is 5. The average molecular weight is 381 g/mol. The second kappa shape index (κ2) is 7.00. The molecule has 1 N–H and O–H groups in total. The number of nitrogens with zero attached hydrogens (tertiary/aromatic N) is 5. The van der Waals surface area contributed by atoms with E-state index in [0.717, 1.165) is 11.3 Å². The van der Waals surface area contributed by atoms with Crippen molar-refractivity contribution in [3.8, 4) is 17.2 Å². The van der Waals surface area contributed by atoms with Crippen molar-refractivity contribution in [3.63, 3.8) is 0 Å². The third-order valence-corrected chi connectivity index (χ3v) is 3.93. The molecule has 2 aromatic heterocycles. The van der Waals surface area contributed by atoms with Crippen LogP contribution in [0.5, 0.6) is 0 Å². The Bertz CT molecular complexity index is 1120. The summed E-state index contributed by atoms with van der Waals surface area (Å²) >= 11 is 5.99. The van der Waals surface area contributed by atoms with Crippen LogP contribution in [0.2, 0.25) is 5.02 Å². The van der Waals surface area contributed by atoms with Crippen LogP contribution in [-0.4, -0.2) is 31.0 Å². The maximum atomic E-state index is 12.3. The lowest BCUT2D eigenvalue weighted by Crippen LogP contribution is -2.12. The zero-order valence-corrected chi connectivity index (χ0v) is 14.9. The summed E-state index contributed by atoms with van der Waals surface area (Å²) in [4.78, 5) is 16.4. The van der Waals surface area contributed by atoms with Crippen molar-refractivity contribution >= 4 is 23.2 Å². The lowest BCUT2D eigenvalue weighted by atomic mass is 10.2. The van der Waals surface area contributed by atoms with E-state index >= 15 is 0 Å². The number of benzene rings is 2. The first-order chi connectivity index (χ1) is 13.1. The van der Waals surface area contributed by atoms with Gasteiger partial charge < -0.3 is 9.84 Å². The van der Waals surface area contributed by atoms with Gasteiger partial charge in [0.1, 0.15) is 0 Å². The molecule has 0 atom stereocenters. The summed E-state index contributed by atoms with van der Waals surface area (Å²) in [5.74, 6) is -0.497. The Morgan fingerprint density at radius 2 is 2.04 bits per heavy atom. The summed E-state index contributed by atoms with van der Waals surface area (Å²) in [5, 5.41) is 15.1. The third-order valence-electron chi connectivity index (χ3n) is 3.69. The number of hydrogen-bond donors (Lipinski definition) is 1. The van der Waals surface area contributed by atoms with Crippen LogP contribution < -0.4 is 5.32 Å². The molecule has 0 radical (unpaired) electrons. The fraction of sp³-hybridized carbons (Fsp3) is 0.0556. The summed E-state index contributed by atoms with van der Waals surface area (Å²) in [7, 11) is 0. The van der Waals surface area contributed by atoms with Gasteiger partial charge in [-0.15, -0.1) is 5.10 Å². The highest BCUT2D eigenvalue weighted by molar-refractivity contribution is 6.30. The van der Waals surface area contributed by atoms with E-state index in [0.29, 0.717) is 16.4 Å². The number of nitrogens with one attached hydrogen (secondary N) is 1. The number of amides is 1. The molecule has 0 saturated carbocycles. The van der Waals surface area contributed by atoms with Crippen LogP contribution in [0.3, 0.4) is 0 Å². The Balaban J connectivity index is 1.53. The van der Waals surface area contributed by atoms with Crippen LogP contribution >= 0.6 is 11.6 Å². The van der Waals surface area contributed by atoms with E-state index in [1.54, 1.807) is 30.5 Å². The molecular formula is C18H13ClN6O2. The molecule has 0 aliphatic carbocycles. The zero-order valence-electron chi connectivity index (χ0n) is 14.1. The first-order valence-corrected chi connectivity index (χ1v) is 8.37. The van der Waals surface area contributed by atoms with Gasteiger partial charge in [0.05, 0.1) is 11.9 Å². The maximum Gasteiger partial charge on any atom is 0.316 e. The quantitative estimate of drug-likeness (QED) is 0.581. The molecule has 0 aliphatic rings. The van der Waals surface area contributed by atoms with Crippen molar-refractivity contribution in [2.24, 2.45) is 0 Å². The molecule has 27 heavy (non-hydrogen) atoms. The van der Waals surface area contributed by atoms with Gasteiger partial charge in [0.2, 0.25) is 5.82 Å². The lowest BCUT2D eigenvalue weighted by Gasteiger charge is -2.02. The van der Waals surface area contributed by atoms with Gasteiger partial charge in [0.25, 0.3) is 0 Å². The summed E-state index contributed by atoms with van der Waals surface area (Å²) < 4.78 is 6.58. The monoisotopic (exact) mass is 380 g/mol. The van der Waals surface area contributed by atoms with E-state index in [1.807, 2.05) is 31.2 Å². The zero-order chi connectivity index (χ0) is 18.8. The smallest absolute Gasteiger partial charge is 0.316 e. The van der Waals surface area contributed by atoms with Crippen LogP contribution in [0.4, 0.5) is 5.69 Å². The molecule has 1 amide bonds. The van der Waals surface area contributed by atoms with Gasteiger partial charge in [-0.3, -0.25) is 4.79 Å². The molecule has 4 rings (SSSR count). The minimum absolute atomic E-state index is 0.163. The van der Waals surface area contributed by atoms with Crippen LogP contribution in [-0.2, 0) is 0 Å². The highest BCUT2D eigenvalue weighted by Crippen LogP contribution is 2.18. The molecule has 0 saturated heterocycles. The lowest BCUT2D eigenvalue weighted by molar-refractivity contribution is 0.0981. The summed E-state index contributed by atoms with van der Waals surface area (Å²) in [5.41, 5.74) is 2.78. The second-order valence-electron chi connectivity index (χ2n) is 5.77. The number of anilines is 1. The topological polar surface area (TPSA) is 98.7 Å². The van der Waals surface area contributed by atoms with Crippen molar-refractivity contribution in [2.75, 3.05) is 5.32 Å². The Hall–Kier alpha value is -3.52. The Morgan fingerprint density at radius 3 is 2.85 bits per heavy atom. The fourth-order valence-corrected chi connectivity index (χ4v) is 2.62. The van der Waals surface area contributed by atoms with E-state index in [9.17, 15) is 4.79 Å². The van der Waals surface area contributed by atoms with Crippen molar-refractivity contribution in [1.82, 2.24) is 25.1 Å². The highest BCUT2D eigenvalue weighted by Gasteiger charge is 2.18. The minimum atomic E-state index is -0.499. The predicted molar refractivity (Wildman–Crippen MR) is 98.8 cm³/mol. The normalized spacial score (nSPS) is 10.7. The molecule has 4 aromatic rings. The molecule has 134 valence electrons. The van der Waals surface area contributed by atoms with E-state index in [1.165, 1.54) is 4.68 Å². The van der Waals surface area contributed by atoms with Gasteiger partial charge in [-0.25, -0.2) is 4.68 Å². The molecule has 0 unspecified atom stereocenters. The number of hydrogen-bond acceptors (Lipinski definition) is 6. The van der Waals surface area contributed by atoms with Gasteiger partial charge >= 0.3 is 11.8 Å². The van der Waals surface area contributed by atoms with Gasteiger partial charge in [-0.2, -0.15) is 4.98 Å². The first-order valence-electron chi connectivity index (χ1n) is 7.99. The third kappa shape index (κ3) is 3.70. The van der Waals surface area contributed by atoms with Crippen LogP contribution in [0, 0.1) is 6.92 Å². The van der Waals surface area contributed by atoms with Crippen molar-refractivity contribution in [1.29, 1.82) is 0 Å². The van der Waals surface area contributed by atoms with Crippen molar-refractivity contribution < 1.29 is 9.32 Å². The number of halogens is 1. The van der Waals surface area contributed by atoms with Gasteiger partial charge in [0, 0.05) is 10.7 Å². The summed E-state index contributed by atoms with van der Waals surface area (Å²) in [6.45, 7) is 1.93. The van der Waals surface area contributed by atoms with Crippen LogP contribution in [0.25, 0.3) is 17.2 Å². The molecule has 9 heteroatoms. The molecule has 0 fully saturated rings. The number of aryl methyl sites for hydroxylation is 1. The van der Waals surface area contributed by atoms with E-state index in [-0.39, 0.29) is 11.7 Å². The average Bonchev–Trinajstić information content (AvgIpc) is 3.31. The van der Waals surface area contributed by atoms with E-state index in [2.05, 4.69) is 25.8 Å². The molecule has 0 spiro atoms. The largest absolute Gasteiger partial charge is 0.328 e. The predicted octanol–water partition coefficient (Wildman–Crippen LogP) is 3.53. The minimum Gasteiger partial charge on any atom is -0.328 e. The number of carbonyl (C=O) groups excluding carboxylic acids is 1. The van der Waals surface area contributed by atoms with Crippen LogP contribution in [0.15, 0.2) is 59.3 Å². The van der Waals surface area contributed by atoms with Crippen LogP contribution in [0.1, 0.15) is 16.2 Å². The van der Waals surface area contributed by atoms with Gasteiger partial charge in [-0.1, -0.05) is 40.2 Å². The molecule has 0 aliphatic heterocycles. The number of carbonyl (C=O) groups is 1. The maximum absolute atomic E-state index is 12.3. The Labute approximate surface area is 158 Å².